The second-order valence-corrected chi connectivity index (χ2v) is 5.56. The molecule has 0 aliphatic carbocycles. The zero-order valence-electron chi connectivity index (χ0n) is 10.5. The molecule has 1 atom stereocenters. The van der Waals surface area contributed by atoms with Gasteiger partial charge in [-0.15, -0.1) is 0 Å². The fourth-order valence-electron chi connectivity index (χ4n) is 2.01. The Morgan fingerprint density at radius 2 is 1.79 bits per heavy atom. The Kier molecular flexibility index (Phi) is 4.87. The normalized spacial score (nSPS) is 12.4. The van der Waals surface area contributed by atoms with Gasteiger partial charge in [-0.2, -0.15) is 0 Å². The summed E-state index contributed by atoms with van der Waals surface area (Å²) in [5.74, 6) is -1.55. The van der Waals surface area contributed by atoms with E-state index in [4.69, 9.17) is 0 Å². The van der Waals surface area contributed by atoms with E-state index in [1.807, 2.05) is 31.3 Å². The smallest absolute Gasteiger partial charge is 0.162 e. The quantitative estimate of drug-likeness (QED) is 0.797. The van der Waals surface area contributed by atoms with Gasteiger partial charge in [-0.25, -0.2) is 8.78 Å². The lowest BCUT2D eigenvalue weighted by Crippen LogP contribution is -2.19. The predicted octanol–water partition coefficient (Wildman–Crippen LogP) is 4.07. The van der Waals surface area contributed by atoms with Crippen LogP contribution in [0, 0.1) is 15.2 Å². The maximum absolute atomic E-state index is 13.7. The lowest BCUT2D eigenvalue weighted by Gasteiger charge is -2.17. The van der Waals surface area contributed by atoms with Crippen LogP contribution in [0.25, 0.3) is 0 Å². The Morgan fingerprint density at radius 3 is 2.42 bits per heavy atom. The van der Waals surface area contributed by atoms with E-state index in [0.29, 0.717) is 12.0 Å². The van der Waals surface area contributed by atoms with Gasteiger partial charge in [0, 0.05) is 9.61 Å². The van der Waals surface area contributed by atoms with E-state index in [1.54, 1.807) is 6.07 Å². The first kappa shape index (κ1) is 14.4. The first-order chi connectivity index (χ1) is 9.11. The SMILES string of the molecule is CNC(Cc1cccc(F)c1F)c1ccc(I)cc1. The van der Waals surface area contributed by atoms with Crippen LogP contribution in [0.1, 0.15) is 17.2 Å². The van der Waals surface area contributed by atoms with Gasteiger partial charge >= 0.3 is 0 Å². The molecule has 0 fully saturated rings. The molecule has 0 spiro atoms. The minimum absolute atomic E-state index is 0.0340. The Morgan fingerprint density at radius 1 is 1.11 bits per heavy atom. The monoisotopic (exact) mass is 373 g/mol. The summed E-state index contributed by atoms with van der Waals surface area (Å²) in [5, 5.41) is 3.14. The van der Waals surface area contributed by atoms with E-state index < -0.39 is 11.6 Å². The number of benzene rings is 2. The standard InChI is InChI=1S/C15H14F2IN/c1-19-14(10-5-7-12(18)8-6-10)9-11-3-2-4-13(16)15(11)17/h2-8,14,19H,9H2,1H3. The van der Waals surface area contributed by atoms with E-state index in [1.165, 1.54) is 6.07 Å². The third-order valence-corrected chi connectivity index (χ3v) is 3.80. The van der Waals surface area contributed by atoms with Gasteiger partial charge in [0.2, 0.25) is 0 Å². The largest absolute Gasteiger partial charge is 0.313 e. The molecule has 1 unspecified atom stereocenters. The zero-order chi connectivity index (χ0) is 13.8. The average Bonchev–Trinajstić information content (AvgIpc) is 2.42. The molecule has 2 aromatic rings. The van der Waals surface area contributed by atoms with Crippen LogP contribution in [-0.4, -0.2) is 7.05 Å². The number of halogens is 3. The minimum atomic E-state index is -0.796. The van der Waals surface area contributed by atoms with Crippen molar-refractivity contribution >= 4 is 22.6 Å². The van der Waals surface area contributed by atoms with E-state index in [2.05, 4.69) is 27.9 Å². The molecular weight excluding hydrogens is 359 g/mol. The number of nitrogens with one attached hydrogen (secondary N) is 1. The van der Waals surface area contributed by atoms with Crippen molar-refractivity contribution in [2.45, 2.75) is 12.5 Å². The van der Waals surface area contributed by atoms with Gasteiger partial charge in [-0.3, -0.25) is 0 Å². The molecule has 2 rings (SSSR count). The van der Waals surface area contributed by atoms with Crippen molar-refractivity contribution in [1.29, 1.82) is 0 Å². The molecule has 2 aromatic carbocycles. The predicted molar refractivity (Wildman–Crippen MR) is 81.0 cm³/mol. The molecular formula is C15H14F2IN. The third-order valence-electron chi connectivity index (χ3n) is 3.08. The molecule has 1 nitrogen and oxygen atoms in total. The second kappa shape index (κ2) is 6.43. The molecule has 0 radical (unpaired) electrons. The van der Waals surface area contributed by atoms with Crippen molar-refractivity contribution in [3.63, 3.8) is 0 Å². The summed E-state index contributed by atoms with van der Waals surface area (Å²) in [5.41, 5.74) is 1.45. The van der Waals surface area contributed by atoms with Gasteiger partial charge in [-0.1, -0.05) is 24.3 Å². The first-order valence-corrected chi connectivity index (χ1v) is 7.05. The molecule has 0 amide bonds. The summed E-state index contributed by atoms with van der Waals surface area (Å²) in [6.45, 7) is 0. The zero-order valence-corrected chi connectivity index (χ0v) is 12.6. The fourth-order valence-corrected chi connectivity index (χ4v) is 2.37. The van der Waals surface area contributed by atoms with Gasteiger partial charge in [0.1, 0.15) is 0 Å². The highest BCUT2D eigenvalue weighted by Gasteiger charge is 2.14. The molecule has 0 saturated heterocycles. The van der Waals surface area contributed by atoms with Gasteiger partial charge in [-0.05, 0) is 65.4 Å². The molecule has 4 heteroatoms. The Bertz CT molecular complexity index is 555. The van der Waals surface area contributed by atoms with Crippen LogP contribution in [0.3, 0.4) is 0 Å². The minimum Gasteiger partial charge on any atom is -0.313 e. The highest BCUT2D eigenvalue weighted by atomic mass is 127. The van der Waals surface area contributed by atoms with E-state index in [-0.39, 0.29) is 6.04 Å². The molecule has 100 valence electrons. The maximum Gasteiger partial charge on any atom is 0.162 e. The lowest BCUT2D eigenvalue weighted by atomic mass is 9.98. The topological polar surface area (TPSA) is 12.0 Å². The average molecular weight is 373 g/mol. The number of hydrogen-bond donors (Lipinski definition) is 1. The summed E-state index contributed by atoms with van der Waals surface area (Å²) in [4.78, 5) is 0. The fraction of sp³-hybridized carbons (Fsp3) is 0.200. The Hall–Kier alpha value is -1.01. The lowest BCUT2D eigenvalue weighted by molar-refractivity contribution is 0.487. The second-order valence-electron chi connectivity index (χ2n) is 4.31. The van der Waals surface area contributed by atoms with Gasteiger partial charge < -0.3 is 5.32 Å². The van der Waals surface area contributed by atoms with Crippen molar-refractivity contribution in [1.82, 2.24) is 5.32 Å². The molecule has 0 aromatic heterocycles. The number of hydrogen-bond acceptors (Lipinski definition) is 1. The van der Waals surface area contributed by atoms with Crippen LogP contribution in [0.2, 0.25) is 0 Å². The Balaban J connectivity index is 2.24. The summed E-state index contributed by atoms with van der Waals surface area (Å²) in [7, 11) is 1.82. The highest BCUT2D eigenvalue weighted by molar-refractivity contribution is 14.1. The molecule has 0 heterocycles. The van der Waals surface area contributed by atoms with Crippen LogP contribution < -0.4 is 5.32 Å². The van der Waals surface area contributed by atoms with Crippen LogP contribution in [0.5, 0.6) is 0 Å². The van der Waals surface area contributed by atoms with Gasteiger partial charge in [0.05, 0.1) is 0 Å². The van der Waals surface area contributed by atoms with Crippen molar-refractivity contribution in [2.75, 3.05) is 7.05 Å². The summed E-state index contributed by atoms with van der Waals surface area (Å²) < 4.78 is 28.0. The molecule has 1 N–H and O–H groups in total. The Labute approximate surface area is 125 Å². The van der Waals surface area contributed by atoms with Crippen molar-refractivity contribution < 1.29 is 8.78 Å². The van der Waals surface area contributed by atoms with Gasteiger partial charge in [0.25, 0.3) is 0 Å². The van der Waals surface area contributed by atoms with Crippen LogP contribution in [0.4, 0.5) is 8.78 Å². The highest BCUT2D eigenvalue weighted by Crippen LogP contribution is 2.22. The van der Waals surface area contributed by atoms with Crippen molar-refractivity contribution in [3.05, 3.63) is 68.8 Å². The first-order valence-electron chi connectivity index (χ1n) is 5.97. The van der Waals surface area contributed by atoms with Gasteiger partial charge in [0.15, 0.2) is 11.6 Å². The molecule has 19 heavy (non-hydrogen) atoms. The van der Waals surface area contributed by atoms with E-state index >= 15 is 0 Å². The molecule has 0 aliphatic heterocycles. The van der Waals surface area contributed by atoms with Crippen molar-refractivity contribution in [2.24, 2.45) is 0 Å². The summed E-state index contributed by atoms with van der Waals surface area (Å²) in [6, 6.07) is 12.3. The van der Waals surface area contributed by atoms with Crippen LogP contribution in [0.15, 0.2) is 42.5 Å². The molecule has 0 bridgehead atoms. The third kappa shape index (κ3) is 3.51. The van der Waals surface area contributed by atoms with Crippen LogP contribution in [-0.2, 0) is 6.42 Å². The molecule has 0 saturated carbocycles. The summed E-state index contributed by atoms with van der Waals surface area (Å²) >= 11 is 2.24. The van der Waals surface area contributed by atoms with Crippen molar-refractivity contribution in [3.8, 4) is 0 Å². The maximum atomic E-state index is 13.7. The number of likely N-dealkylation sites (N-methyl/N-ethyl adjacent to an activating group) is 1. The van der Waals surface area contributed by atoms with E-state index in [9.17, 15) is 8.78 Å². The number of rotatable bonds is 4. The van der Waals surface area contributed by atoms with E-state index in [0.717, 1.165) is 15.2 Å². The summed E-state index contributed by atoms with van der Waals surface area (Å²) in [6.07, 6.45) is 0.417. The van der Waals surface area contributed by atoms with Crippen LogP contribution >= 0.6 is 22.6 Å². The molecule has 0 aliphatic rings.